The Morgan fingerprint density at radius 3 is 2.52 bits per heavy atom. The van der Waals surface area contributed by atoms with Gasteiger partial charge in [-0.05, 0) is 54.7 Å². The number of carbonyl (C=O) groups excluding carboxylic acids is 2. The molecule has 2 amide bonds. The third kappa shape index (κ3) is 5.52. The predicted molar refractivity (Wildman–Crippen MR) is 131 cm³/mol. The van der Waals surface area contributed by atoms with E-state index in [-0.39, 0.29) is 23.1 Å². The highest BCUT2D eigenvalue weighted by Crippen LogP contribution is 2.35. The van der Waals surface area contributed by atoms with Crippen LogP contribution >= 0.6 is 11.8 Å². The van der Waals surface area contributed by atoms with Gasteiger partial charge in [-0.2, -0.15) is 0 Å². The van der Waals surface area contributed by atoms with Crippen molar-refractivity contribution in [3.63, 3.8) is 0 Å². The Bertz CT molecular complexity index is 1140. The van der Waals surface area contributed by atoms with Crippen LogP contribution in [-0.2, 0) is 19.6 Å². The lowest BCUT2D eigenvalue weighted by molar-refractivity contribution is -0.133. The van der Waals surface area contributed by atoms with E-state index in [1.807, 2.05) is 17.0 Å². The van der Waals surface area contributed by atoms with Gasteiger partial charge in [0.2, 0.25) is 11.8 Å². The van der Waals surface area contributed by atoms with Gasteiger partial charge in [-0.1, -0.05) is 26.0 Å². The summed E-state index contributed by atoms with van der Waals surface area (Å²) in [6.45, 7) is 5.67. The molecule has 1 saturated heterocycles. The second kappa shape index (κ2) is 9.77. The first-order valence-electron chi connectivity index (χ1n) is 11.2. The smallest absolute Gasteiger partial charge is 0.261 e. The van der Waals surface area contributed by atoms with Gasteiger partial charge in [-0.25, -0.2) is 8.42 Å². The summed E-state index contributed by atoms with van der Waals surface area (Å²) in [6.07, 6.45) is 2.19. The standard InChI is InChI=1S/C24H29N3O4S2/c1-16(2)17-5-7-19(8-6-17)26-33(30,31)20-9-10-22-21(14-20)25-24(29)18(15-32-22)13-23(28)27-11-3-4-12-27/h5-10,14,16,18,26H,3-4,11-13,15H2,1-2H3,(H,25,29). The number of amides is 2. The van der Waals surface area contributed by atoms with E-state index in [4.69, 9.17) is 0 Å². The average molecular weight is 488 g/mol. The van der Waals surface area contributed by atoms with Crippen LogP contribution in [0.15, 0.2) is 52.3 Å². The number of nitrogens with zero attached hydrogens (tertiary/aromatic N) is 1. The molecule has 2 heterocycles. The van der Waals surface area contributed by atoms with Gasteiger partial charge in [-0.3, -0.25) is 14.3 Å². The number of thioether (sulfide) groups is 1. The van der Waals surface area contributed by atoms with Crippen LogP contribution in [0.25, 0.3) is 0 Å². The zero-order valence-electron chi connectivity index (χ0n) is 18.8. The van der Waals surface area contributed by atoms with Crippen molar-refractivity contribution in [1.82, 2.24) is 4.90 Å². The summed E-state index contributed by atoms with van der Waals surface area (Å²) in [5.41, 5.74) is 2.06. The van der Waals surface area contributed by atoms with Gasteiger partial charge < -0.3 is 10.2 Å². The maximum absolute atomic E-state index is 12.9. The molecule has 9 heteroatoms. The van der Waals surface area contributed by atoms with Gasteiger partial charge in [0.1, 0.15) is 0 Å². The Labute approximate surface area is 199 Å². The van der Waals surface area contributed by atoms with Crippen molar-refractivity contribution in [2.45, 2.75) is 48.8 Å². The van der Waals surface area contributed by atoms with Crippen LogP contribution < -0.4 is 10.0 Å². The Morgan fingerprint density at radius 2 is 1.85 bits per heavy atom. The molecule has 1 atom stereocenters. The van der Waals surface area contributed by atoms with E-state index in [1.165, 1.54) is 17.8 Å². The number of anilines is 2. The summed E-state index contributed by atoms with van der Waals surface area (Å²) < 4.78 is 28.5. The Kier molecular flexibility index (Phi) is 6.99. The highest BCUT2D eigenvalue weighted by Gasteiger charge is 2.30. The van der Waals surface area contributed by atoms with Crippen LogP contribution in [0, 0.1) is 5.92 Å². The molecule has 7 nitrogen and oxygen atoms in total. The van der Waals surface area contributed by atoms with Crippen LogP contribution in [0.2, 0.25) is 0 Å². The van der Waals surface area contributed by atoms with Crippen molar-refractivity contribution in [2.75, 3.05) is 28.9 Å². The van der Waals surface area contributed by atoms with Crippen molar-refractivity contribution in [1.29, 1.82) is 0 Å². The van der Waals surface area contributed by atoms with E-state index in [9.17, 15) is 18.0 Å². The molecule has 176 valence electrons. The summed E-state index contributed by atoms with van der Waals surface area (Å²) >= 11 is 1.46. The van der Waals surface area contributed by atoms with Gasteiger partial charge in [0.05, 0.1) is 16.5 Å². The van der Waals surface area contributed by atoms with E-state index >= 15 is 0 Å². The van der Waals surface area contributed by atoms with E-state index < -0.39 is 15.9 Å². The first-order chi connectivity index (χ1) is 15.7. The van der Waals surface area contributed by atoms with Crippen molar-refractivity contribution in [3.8, 4) is 0 Å². The van der Waals surface area contributed by atoms with Crippen molar-refractivity contribution in [2.24, 2.45) is 5.92 Å². The van der Waals surface area contributed by atoms with Gasteiger partial charge in [-0.15, -0.1) is 11.8 Å². The highest BCUT2D eigenvalue weighted by atomic mass is 32.2. The molecule has 0 saturated carbocycles. The minimum Gasteiger partial charge on any atom is -0.343 e. The fraction of sp³-hybridized carbons (Fsp3) is 0.417. The minimum atomic E-state index is -3.82. The van der Waals surface area contributed by atoms with E-state index in [1.54, 1.807) is 24.3 Å². The van der Waals surface area contributed by atoms with Crippen molar-refractivity contribution in [3.05, 3.63) is 48.0 Å². The molecule has 33 heavy (non-hydrogen) atoms. The molecule has 1 fully saturated rings. The van der Waals surface area contributed by atoms with Gasteiger partial charge >= 0.3 is 0 Å². The van der Waals surface area contributed by atoms with Crippen LogP contribution in [0.4, 0.5) is 11.4 Å². The number of hydrogen-bond donors (Lipinski definition) is 2. The monoisotopic (exact) mass is 487 g/mol. The quantitative estimate of drug-likeness (QED) is 0.634. The number of carbonyl (C=O) groups is 2. The van der Waals surface area contributed by atoms with Crippen molar-refractivity contribution >= 4 is 45.0 Å². The fourth-order valence-electron chi connectivity index (χ4n) is 4.01. The largest absolute Gasteiger partial charge is 0.343 e. The Hall–Kier alpha value is -2.52. The zero-order valence-corrected chi connectivity index (χ0v) is 20.5. The maximum atomic E-state index is 12.9. The topological polar surface area (TPSA) is 95.6 Å². The van der Waals surface area contributed by atoms with Gasteiger partial charge in [0.25, 0.3) is 10.0 Å². The molecule has 0 spiro atoms. The van der Waals surface area contributed by atoms with E-state index in [0.717, 1.165) is 36.4 Å². The molecular formula is C24H29N3O4S2. The number of nitrogens with one attached hydrogen (secondary N) is 2. The summed E-state index contributed by atoms with van der Waals surface area (Å²) in [4.78, 5) is 28.0. The number of benzene rings is 2. The van der Waals surface area contributed by atoms with Crippen LogP contribution in [0.5, 0.6) is 0 Å². The lowest BCUT2D eigenvalue weighted by Crippen LogP contribution is -2.33. The number of likely N-dealkylation sites (tertiary alicyclic amines) is 1. The van der Waals surface area contributed by atoms with Crippen LogP contribution in [0.3, 0.4) is 0 Å². The second-order valence-corrected chi connectivity index (χ2v) is 11.6. The zero-order chi connectivity index (χ0) is 23.6. The van der Waals surface area contributed by atoms with E-state index in [2.05, 4.69) is 23.9 Å². The molecule has 2 aliphatic heterocycles. The van der Waals surface area contributed by atoms with Gasteiger partial charge in [0.15, 0.2) is 0 Å². The molecule has 2 N–H and O–H groups in total. The third-order valence-electron chi connectivity index (χ3n) is 6.04. The molecule has 0 aliphatic carbocycles. The highest BCUT2D eigenvalue weighted by molar-refractivity contribution is 7.99. The normalized spacial score (nSPS) is 18.6. The fourth-order valence-corrected chi connectivity index (χ4v) is 6.17. The summed E-state index contributed by atoms with van der Waals surface area (Å²) in [6, 6.07) is 12.0. The van der Waals surface area contributed by atoms with E-state index in [0.29, 0.717) is 23.0 Å². The first-order valence-corrected chi connectivity index (χ1v) is 13.7. The summed E-state index contributed by atoms with van der Waals surface area (Å²) in [7, 11) is -3.82. The average Bonchev–Trinajstić information content (AvgIpc) is 3.27. The molecule has 0 aromatic heterocycles. The molecule has 0 radical (unpaired) electrons. The summed E-state index contributed by atoms with van der Waals surface area (Å²) in [5, 5.41) is 2.84. The lowest BCUT2D eigenvalue weighted by Gasteiger charge is -2.18. The molecular weight excluding hydrogens is 458 g/mol. The van der Waals surface area contributed by atoms with Crippen LogP contribution in [0.1, 0.15) is 44.6 Å². The number of fused-ring (bicyclic) bond motifs is 1. The Balaban J connectivity index is 1.47. The minimum absolute atomic E-state index is 0.00941. The molecule has 4 rings (SSSR count). The maximum Gasteiger partial charge on any atom is 0.261 e. The lowest BCUT2D eigenvalue weighted by atomic mass is 10.0. The second-order valence-electron chi connectivity index (χ2n) is 8.83. The molecule has 1 unspecified atom stereocenters. The Morgan fingerprint density at radius 1 is 1.15 bits per heavy atom. The summed E-state index contributed by atoms with van der Waals surface area (Å²) in [5.74, 6) is 0.144. The number of sulfonamides is 1. The predicted octanol–water partition coefficient (Wildman–Crippen LogP) is 4.28. The third-order valence-corrected chi connectivity index (χ3v) is 8.65. The molecule has 2 aromatic rings. The van der Waals surface area contributed by atoms with Crippen LogP contribution in [-0.4, -0.2) is 44.0 Å². The van der Waals surface area contributed by atoms with Gasteiger partial charge in [0, 0.05) is 35.8 Å². The van der Waals surface area contributed by atoms with Crippen molar-refractivity contribution < 1.29 is 18.0 Å². The number of hydrogen-bond acceptors (Lipinski definition) is 5. The molecule has 2 aliphatic rings. The first kappa shape index (κ1) is 23.6. The molecule has 2 aromatic carbocycles. The molecule has 0 bridgehead atoms. The number of rotatable bonds is 6. The SMILES string of the molecule is CC(C)c1ccc(NS(=O)(=O)c2ccc3c(c2)NC(=O)C(CC(=O)N2CCCC2)CS3)cc1.